The molecule has 0 saturated carbocycles. The van der Waals surface area contributed by atoms with E-state index in [1.807, 2.05) is 0 Å². The number of hydrogen-bond acceptors (Lipinski definition) is 2. The van der Waals surface area contributed by atoms with E-state index in [4.69, 9.17) is 5.73 Å². The molecule has 0 aromatic carbocycles. The molecule has 1 aromatic rings. The van der Waals surface area contributed by atoms with E-state index < -0.39 is 36.1 Å². The molecule has 0 bridgehead atoms. The molecule has 0 aliphatic rings. The van der Waals surface area contributed by atoms with Crippen molar-refractivity contribution in [3.05, 3.63) is 28.6 Å². The van der Waals surface area contributed by atoms with Crippen molar-refractivity contribution in [3.63, 3.8) is 0 Å². The Morgan fingerprint density at radius 2 is 1.94 bits per heavy atom. The van der Waals surface area contributed by atoms with Gasteiger partial charge in [-0.3, -0.25) is 0 Å². The number of nitrogens with two attached hydrogens (primary N) is 1. The zero-order chi connectivity index (χ0) is 12.5. The van der Waals surface area contributed by atoms with E-state index in [9.17, 15) is 22.0 Å². The number of aromatic nitrogens is 1. The Morgan fingerprint density at radius 3 is 2.31 bits per heavy atom. The van der Waals surface area contributed by atoms with Crippen LogP contribution in [0.15, 0.2) is 6.07 Å². The normalized spacial score (nSPS) is 12.2. The summed E-state index contributed by atoms with van der Waals surface area (Å²) in [5.74, 6) is 0. The summed E-state index contributed by atoms with van der Waals surface area (Å²) in [5, 5.41) is 0. The van der Waals surface area contributed by atoms with Crippen LogP contribution in [-0.4, -0.2) is 4.98 Å². The molecule has 0 amide bonds. The first-order valence-corrected chi connectivity index (χ1v) is 4.33. The van der Waals surface area contributed by atoms with Crippen LogP contribution in [-0.2, 0) is 12.7 Å². The van der Waals surface area contributed by atoms with Crippen LogP contribution in [0.25, 0.3) is 0 Å². The van der Waals surface area contributed by atoms with Crippen molar-refractivity contribution in [3.8, 4) is 0 Å². The molecule has 1 aromatic heterocycles. The van der Waals surface area contributed by atoms with Crippen molar-refractivity contribution in [1.82, 2.24) is 4.98 Å². The minimum absolute atomic E-state index is 0.333. The van der Waals surface area contributed by atoms with Gasteiger partial charge in [-0.2, -0.15) is 13.2 Å². The number of hydrogen-bond donors (Lipinski definition) is 1. The fourth-order valence-corrected chi connectivity index (χ4v) is 1.31. The van der Waals surface area contributed by atoms with Gasteiger partial charge in [0.05, 0.1) is 5.69 Å². The Morgan fingerprint density at radius 1 is 1.38 bits per heavy atom. The highest BCUT2D eigenvalue weighted by Gasteiger charge is 2.35. The van der Waals surface area contributed by atoms with Gasteiger partial charge >= 0.3 is 6.18 Å². The van der Waals surface area contributed by atoms with E-state index >= 15 is 0 Å². The molecule has 2 N–H and O–H groups in total. The van der Waals surface area contributed by atoms with Crippen LogP contribution in [0.5, 0.6) is 0 Å². The predicted molar refractivity (Wildman–Crippen MR) is 46.8 cm³/mol. The summed E-state index contributed by atoms with van der Waals surface area (Å²) in [7, 11) is 0. The number of halogens is 5. The summed E-state index contributed by atoms with van der Waals surface area (Å²) < 4.78 is 62.1. The molecule has 0 aliphatic heterocycles. The lowest BCUT2D eigenvalue weighted by molar-refractivity contribution is -0.141. The van der Waals surface area contributed by atoms with Crippen LogP contribution in [0.2, 0.25) is 0 Å². The van der Waals surface area contributed by atoms with E-state index in [-0.39, 0.29) is 5.56 Å². The summed E-state index contributed by atoms with van der Waals surface area (Å²) in [6.07, 6.45) is -7.54. The van der Waals surface area contributed by atoms with Crippen LogP contribution in [0, 0.1) is 6.92 Å². The SMILES string of the molecule is Cc1cc(C(F)F)c(CN)nc1C(F)(F)F. The third-order valence-electron chi connectivity index (χ3n) is 2.02. The van der Waals surface area contributed by atoms with Gasteiger partial charge in [-0.05, 0) is 18.6 Å². The number of rotatable bonds is 2. The van der Waals surface area contributed by atoms with Crippen molar-refractivity contribution in [2.45, 2.75) is 26.1 Å². The summed E-state index contributed by atoms with van der Waals surface area (Å²) in [4.78, 5) is 3.15. The first-order valence-electron chi connectivity index (χ1n) is 4.33. The maximum Gasteiger partial charge on any atom is 0.433 e. The van der Waals surface area contributed by atoms with Crippen LogP contribution >= 0.6 is 0 Å². The summed E-state index contributed by atoms with van der Waals surface area (Å²) in [6.45, 7) is 0.630. The lowest BCUT2D eigenvalue weighted by atomic mass is 10.1. The lowest BCUT2D eigenvalue weighted by Gasteiger charge is -2.13. The van der Waals surface area contributed by atoms with Crippen LogP contribution in [0.3, 0.4) is 0 Å². The highest BCUT2D eigenvalue weighted by molar-refractivity contribution is 5.32. The van der Waals surface area contributed by atoms with Crippen molar-refractivity contribution in [2.75, 3.05) is 0 Å². The smallest absolute Gasteiger partial charge is 0.325 e. The van der Waals surface area contributed by atoms with Crippen molar-refractivity contribution >= 4 is 0 Å². The van der Waals surface area contributed by atoms with Gasteiger partial charge in [0.15, 0.2) is 0 Å². The van der Waals surface area contributed by atoms with Crippen LogP contribution in [0.4, 0.5) is 22.0 Å². The van der Waals surface area contributed by atoms with Gasteiger partial charge in [-0.25, -0.2) is 13.8 Å². The molecule has 90 valence electrons. The van der Waals surface area contributed by atoms with E-state index in [2.05, 4.69) is 4.98 Å². The van der Waals surface area contributed by atoms with Crippen molar-refractivity contribution in [2.24, 2.45) is 5.73 Å². The van der Waals surface area contributed by atoms with Gasteiger partial charge in [0.25, 0.3) is 6.43 Å². The molecule has 7 heteroatoms. The predicted octanol–water partition coefficient (Wildman–Crippen LogP) is 2.81. The van der Waals surface area contributed by atoms with E-state index in [1.54, 1.807) is 0 Å². The molecule has 0 saturated heterocycles. The van der Waals surface area contributed by atoms with Gasteiger partial charge in [0, 0.05) is 12.1 Å². The van der Waals surface area contributed by atoms with E-state index in [0.29, 0.717) is 0 Å². The van der Waals surface area contributed by atoms with Gasteiger partial charge in [0.1, 0.15) is 5.69 Å². The van der Waals surface area contributed by atoms with E-state index in [0.717, 1.165) is 13.0 Å². The van der Waals surface area contributed by atoms with Crippen molar-refractivity contribution in [1.29, 1.82) is 0 Å². The summed E-state index contributed by atoms with van der Waals surface area (Å²) in [5.41, 5.74) is 2.61. The molecule has 0 unspecified atom stereocenters. The molecule has 0 spiro atoms. The molecule has 1 rings (SSSR count). The molecule has 0 aliphatic carbocycles. The van der Waals surface area contributed by atoms with Crippen LogP contribution in [0.1, 0.15) is 28.9 Å². The second kappa shape index (κ2) is 4.32. The Balaban J connectivity index is 3.37. The molecule has 1 heterocycles. The van der Waals surface area contributed by atoms with Crippen molar-refractivity contribution < 1.29 is 22.0 Å². The van der Waals surface area contributed by atoms with Crippen LogP contribution < -0.4 is 5.73 Å². The third-order valence-corrected chi connectivity index (χ3v) is 2.02. The fourth-order valence-electron chi connectivity index (χ4n) is 1.31. The summed E-state index contributed by atoms with van der Waals surface area (Å²) in [6, 6.07) is 0.780. The first kappa shape index (κ1) is 12.8. The van der Waals surface area contributed by atoms with Gasteiger partial charge in [-0.15, -0.1) is 0 Å². The zero-order valence-electron chi connectivity index (χ0n) is 8.28. The fraction of sp³-hybridized carbons (Fsp3) is 0.444. The quantitative estimate of drug-likeness (QED) is 0.807. The number of aryl methyl sites for hydroxylation is 1. The zero-order valence-corrected chi connectivity index (χ0v) is 8.28. The monoisotopic (exact) mass is 240 g/mol. The second-order valence-electron chi connectivity index (χ2n) is 3.19. The molecular formula is C9H9F5N2. The summed E-state index contributed by atoms with van der Waals surface area (Å²) >= 11 is 0. The third kappa shape index (κ3) is 2.46. The van der Waals surface area contributed by atoms with E-state index in [1.165, 1.54) is 0 Å². The van der Waals surface area contributed by atoms with Gasteiger partial charge in [-0.1, -0.05) is 0 Å². The lowest BCUT2D eigenvalue weighted by Crippen LogP contribution is -2.15. The molecule has 0 atom stereocenters. The highest BCUT2D eigenvalue weighted by atomic mass is 19.4. The molecular weight excluding hydrogens is 231 g/mol. The van der Waals surface area contributed by atoms with Gasteiger partial charge in [0.2, 0.25) is 0 Å². The molecule has 0 radical (unpaired) electrons. The Kier molecular flexibility index (Phi) is 3.47. The standard InChI is InChI=1S/C9H9F5N2/c1-4-2-5(8(10)11)6(3-15)16-7(4)9(12,13)14/h2,8H,3,15H2,1H3. The maximum absolute atomic E-state index is 12.4. The largest absolute Gasteiger partial charge is 0.433 e. The number of pyridine rings is 1. The average Bonchev–Trinajstić information content (AvgIpc) is 2.15. The highest BCUT2D eigenvalue weighted by Crippen LogP contribution is 2.33. The molecule has 0 fully saturated rings. The van der Waals surface area contributed by atoms with Gasteiger partial charge < -0.3 is 5.73 Å². The molecule has 16 heavy (non-hydrogen) atoms. The first-order chi connectivity index (χ1) is 7.27. The minimum atomic E-state index is -4.66. The molecule has 2 nitrogen and oxygen atoms in total. The second-order valence-corrected chi connectivity index (χ2v) is 3.19. The Labute approximate surface area is 88.3 Å². The number of nitrogens with zero attached hydrogens (tertiary/aromatic N) is 1. The topological polar surface area (TPSA) is 38.9 Å². The average molecular weight is 240 g/mol. The Bertz CT molecular complexity index is 386. The maximum atomic E-state index is 12.4. The minimum Gasteiger partial charge on any atom is -0.325 e. The number of alkyl halides is 5. The Hall–Kier alpha value is -1.24.